The van der Waals surface area contributed by atoms with E-state index in [1.54, 1.807) is 0 Å². The van der Waals surface area contributed by atoms with E-state index < -0.39 is 9.84 Å². The molecule has 0 N–H and O–H groups in total. The van der Waals surface area contributed by atoms with E-state index in [2.05, 4.69) is 37.0 Å². The first-order valence-corrected chi connectivity index (χ1v) is 9.69. The van der Waals surface area contributed by atoms with E-state index in [4.69, 9.17) is 0 Å². The first kappa shape index (κ1) is 15.2. The van der Waals surface area contributed by atoms with Crippen molar-refractivity contribution < 1.29 is 8.42 Å². The molecule has 0 radical (unpaired) electrons. The van der Waals surface area contributed by atoms with E-state index in [0.29, 0.717) is 0 Å². The van der Waals surface area contributed by atoms with Gasteiger partial charge in [0.2, 0.25) is 14.2 Å². The zero-order chi connectivity index (χ0) is 15.9. The lowest BCUT2D eigenvalue weighted by molar-refractivity contribution is 0.601. The molecule has 114 valence electrons. The summed E-state index contributed by atoms with van der Waals surface area (Å²) in [5, 5.41) is 0. The fourth-order valence-electron chi connectivity index (χ4n) is 2.62. The second kappa shape index (κ2) is 5.48. The molecule has 1 aromatic heterocycles. The van der Waals surface area contributed by atoms with Gasteiger partial charge in [0.25, 0.3) is 0 Å². The third-order valence-corrected chi connectivity index (χ3v) is 6.14. The topological polar surface area (TPSA) is 47.0 Å². The van der Waals surface area contributed by atoms with Crippen LogP contribution in [0.4, 0.5) is 0 Å². The van der Waals surface area contributed by atoms with Crippen LogP contribution >= 0.6 is 11.3 Å². The van der Waals surface area contributed by atoms with E-state index in [0.717, 1.165) is 16.6 Å². The molecule has 0 saturated heterocycles. The lowest BCUT2D eigenvalue weighted by Crippen LogP contribution is -1.94. The van der Waals surface area contributed by atoms with Crippen LogP contribution in [0.3, 0.4) is 0 Å². The average molecular weight is 331 g/mol. The molecule has 0 spiro atoms. The molecular weight excluding hydrogens is 314 g/mol. The van der Waals surface area contributed by atoms with E-state index >= 15 is 0 Å². The summed E-state index contributed by atoms with van der Waals surface area (Å²) in [4.78, 5) is 4.19. The number of thiazole rings is 1. The molecule has 3 nitrogen and oxygen atoms in total. The molecule has 2 aromatic carbocycles. The highest BCUT2D eigenvalue weighted by Crippen LogP contribution is 2.27. The lowest BCUT2D eigenvalue weighted by atomic mass is 10.0. The van der Waals surface area contributed by atoms with Gasteiger partial charge in [-0.05, 0) is 43.5 Å². The molecule has 0 aliphatic rings. The molecule has 0 amide bonds. The third-order valence-electron chi connectivity index (χ3n) is 3.44. The number of hydrogen-bond acceptors (Lipinski definition) is 4. The Balaban J connectivity index is 1.98. The maximum Gasteiger partial charge on any atom is 0.210 e. The van der Waals surface area contributed by atoms with Crippen molar-refractivity contribution in [1.82, 2.24) is 4.98 Å². The van der Waals surface area contributed by atoms with Crippen LogP contribution in [0.2, 0.25) is 0 Å². The van der Waals surface area contributed by atoms with Gasteiger partial charge in [-0.1, -0.05) is 35.4 Å². The maximum absolute atomic E-state index is 11.6. The number of benzene rings is 2. The van der Waals surface area contributed by atoms with E-state index in [9.17, 15) is 8.42 Å². The number of rotatable bonds is 3. The van der Waals surface area contributed by atoms with E-state index in [-0.39, 0.29) is 4.34 Å². The highest BCUT2D eigenvalue weighted by atomic mass is 32.2. The highest BCUT2D eigenvalue weighted by molar-refractivity contribution is 7.92. The SMILES string of the molecule is Cc1cc(C)cc(Cc2ccc3nc(S(C)(=O)=O)sc3c2)c1. The summed E-state index contributed by atoms with van der Waals surface area (Å²) in [6.45, 7) is 4.20. The number of nitrogens with zero attached hydrogens (tertiary/aromatic N) is 1. The summed E-state index contributed by atoms with van der Waals surface area (Å²) in [5.41, 5.74) is 5.70. The Kier molecular flexibility index (Phi) is 3.78. The summed E-state index contributed by atoms with van der Waals surface area (Å²) < 4.78 is 24.3. The number of aromatic nitrogens is 1. The van der Waals surface area contributed by atoms with Gasteiger partial charge in [-0.3, -0.25) is 0 Å². The Morgan fingerprint density at radius 1 is 1.00 bits per heavy atom. The van der Waals surface area contributed by atoms with Gasteiger partial charge in [-0.25, -0.2) is 13.4 Å². The molecule has 0 atom stereocenters. The van der Waals surface area contributed by atoms with Crippen molar-refractivity contribution in [1.29, 1.82) is 0 Å². The van der Waals surface area contributed by atoms with Gasteiger partial charge in [0.15, 0.2) is 0 Å². The van der Waals surface area contributed by atoms with Crippen LogP contribution in [-0.4, -0.2) is 19.7 Å². The Bertz CT molecular complexity index is 936. The predicted molar refractivity (Wildman–Crippen MR) is 91.5 cm³/mol. The van der Waals surface area contributed by atoms with Crippen LogP contribution in [-0.2, 0) is 16.3 Å². The summed E-state index contributed by atoms with van der Waals surface area (Å²) >= 11 is 1.24. The van der Waals surface area contributed by atoms with Gasteiger partial charge in [0, 0.05) is 6.26 Å². The van der Waals surface area contributed by atoms with Gasteiger partial charge in [-0.2, -0.15) is 0 Å². The van der Waals surface area contributed by atoms with Crippen LogP contribution in [0.15, 0.2) is 40.7 Å². The first-order valence-electron chi connectivity index (χ1n) is 6.98. The number of fused-ring (bicyclic) bond motifs is 1. The fourth-order valence-corrected chi connectivity index (χ4v) is 4.52. The number of hydrogen-bond donors (Lipinski definition) is 0. The molecule has 3 rings (SSSR count). The van der Waals surface area contributed by atoms with Crippen LogP contribution in [0.1, 0.15) is 22.3 Å². The molecule has 0 aliphatic heterocycles. The minimum absolute atomic E-state index is 0.186. The van der Waals surface area contributed by atoms with Crippen molar-refractivity contribution in [3.05, 3.63) is 58.7 Å². The van der Waals surface area contributed by atoms with Gasteiger partial charge in [0.1, 0.15) is 0 Å². The minimum Gasteiger partial charge on any atom is -0.225 e. The Hall–Kier alpha value is -1.72. The molecule has 0 fully saturated rings. The van der Waals surface area contributed by atoms with E-state index in [1.165, 1.54) is 39.8 Å². The lowest BCUT2D eigenvalue weighted by Gasteiger charge is -2.05. The van der Waals surface area contributed by atoms with Gasteiger partial charge >= 0.3 is 0 Å². The molecule has 3 aromatic rings. The molecular formula is C17H17NO2S2. The molecule has 0 aliphatic carbocycles. The molecule has 22 heavy (non-hydrogen) atoms. The standard InChI is InChI=1S/C17H17NO2S2/c1-11-6-12(2)8-14(7-11)9-13-4-5-15-16(10-13)21-17(18-15)22(3,19)20/h4-8,10H,9H2,1-3H3. The first-order chi connectivity index (χ1) is 10.3. The molecule has 5 heteroatoms. The maximum atomic E-state index is 11.6. The molecule has 0 saturated carbocycles. The summed E-state index contributed by atoms with van der Waals surface area (Å²) in [6, 6.07) is 12.5. The van der Waals surface area contributed by atoms with Crippen LogP contribution in [0.25, 0.3) is 10.2 Å². The van der Waals surface area contributed by atoms with Crippen molar-refractivity contribution in [3.63, 3.8) is 0 Å². The van der Waals surface area contributed by atoms with Crippen molar-refractivity contribution in [2.45, 2.75) is 24.6 Å². The average Bonchev–Trinajstić information content (AvgIpc) is 2.80. The second-order valence-electron chi connectivity index (χ2n) is 5.73. The Morgan fingerprint density at radius 2 is 1.68 bits per heavy atom. The van der Waals surface area contributed by atoms with Crippen molar-refractivity contribution in [2.75, 3.05) is 6.26 Å². The molecule has 0 unspecified atom stereocenters. The smallest absolute Gasteiger partial charge is 0.210 e. The monoisotopic (exact) mass is 331 g/mol. The zero-order valence-electron chi connectivity index (χ0n) is 12.8. The van der Waals surface area contributed by atoms with E-state index in [1.807, 2.05) is 18.2 Å². The molecule has 1 heterocycles. The largest absolute Gasteiger partial charge is 0.225 e. The number of sulfone groups is 1. The van der Waals surface area contributed by atoms with Crippen LogP contribution in [0, 0.1) is 13.8 Å². The van der Waals surface area contributed by atoms with Crippen LogP contribution < -0.4 is 0 Å². The fraction of sp³-hybridized carbons (Fsp3) is 0.235. The van der Waals surface area contributed by atoms with Gasteiger partial charge in [-0.15, -0.1) is 11.3 Å². The summed E-state index contributed by atoms with van der Waals surface area (Å²) in [7, 11) is -3.24. The second-order valence-corrected chi connectivity index (χ2v) is 8.95. The molecule has 0 bridgehead atoms. The highest BCUT2D eigenvalue weighted by Gasteiger charge is 2.14. The Labute approximate surface area is 134 Å². The van der Waals surface area contributed by atoms with Crippen molar-refractivity contribution >= 4 is 31.4 Å². The quantitative estimate of drug-likeness (QED) is 0.731. The van der Waals surface area contributed by atoms with Gasteiger partial charge < -0.3 is 0 Å². The summed E-state index contributed by atoms with van der Waals surface area (Å²) in [6.07, 6.45) is 2.03. The normalized spacial score (nSPS) is 12.0. The third kappa shape index (κ3) is 3.20. The van der Waals surface area contributed by atoms with Gasteiger partial charge in [0.05, 0.1) is 10.2 Å². The predicted octanol–water partition coefficient (Wildman–Crippen LogP) is 3.91. The zero-order valence-corrected chi connectivity index (χ0v) is 14.4. The minimum atomic E-state index is -3.24. The van der Waals surface area contributed by atoms with Crippen molar-refractivity contribution in [2.24, 2.45) is 0 Å². The summed E-state index contributed by atoms with van der Waals surface area (Å²) in [5.74, 6) is 0. The van der Waals surface area contributed by atoms with Crippen molar-refractivity contribution in [3.8, 4) is 0 Å². The number of aryl methyl sites for hydroxylation is 2. The van der Waals surface area contributed by atoms with Crippen LogP contribution in [0.5, 0.6) is 0 Å². The Morgan fingerprint density at radius 3 is 2.32 bits per heavy atom.